The van der Waals surface area contributed by atoms with E-state index in [1.165, 1.54) is 30.6 Å². The molecule has 2 rings (SSSR count). The van der Waals surface area contributed by atoms with Crippen molar-refractivity contribution in [3.05, 3.63) is 56.6 Å². The van der Waals surface area contributed by atoms with Crippen LogP contribution in [0.5, 0.6) is 0 Å². The number of carbonyl (C=O) groups is 1. The Balaban J connectivity index is 2.06. The zero-order chi connectivity index (χ0) is 15.4. The van der Waals surface area contributed by atoms with Crippen LogP contribution < -0.4 is 5.32 Å². The van der Waals surface area contributed by atoms with Crippen molar-refractivity contribution in [2.45, 2.75) is 6.42 Å². The highest BCUT2D eigenvalue weighted by atomic mass is 35.5. The van der Waals surface area contributed by atoms with Crippen molar-refractivity contribution < 1.29 is 9.72 Å². The number of nitrogens with zero attached hydrogens (tertiary/aromatic N) is 3. The molecule has 7 nitrogen and oxygen atoms in total. The van der Waals surface area contributed by atoms with Crippen LogP contribution in [0.2, 0.25) is 10.3 Å². The van der Waals surface area contributed by atoms with E-state index in [0.717, 1.165) is 0 Å². The number of hydrogen-bond acceptors (Lipinski definition) is 5. The number of rotatable bonds is 4. The van der Waals surface area contributed by atoms with Gasteiger partial charge in [-0.05, 0) is 5.56 Å². The molecular formula is C12H8Cl2N4O3. The van der Waals surface area contributed by atoms with Gasteiger partial charge in [0.1, 0.15) is 12.0 Å². The van der Waals surface area contributed by atoms with E-state index >= 15 is 0 Å². The number of carbonyl (C=O) groups excluding carboxylic acids is 1. The van der Waals surface area contributed by atoms with Crippen LogP contribution in [0.1, 0.15) is 5.56 Å². The summed E-state index contributed by atoms with van der Waals surface area (Å²) < 4.78 is 0. The maximum atomic E-state index is 11.9. The maximum Gasteiger partial charge on any atom is 0.269 e. The minimum absolute atomic E-state index is 0.0134. The Morgan fingerprint density at radius 3 is 2.29 bits per heavy atom. The molecular weight excluding hydrogens is 319 g/mol. The van der Waals surface area contributed by atoms with Gasteiger partial charge in [0.25, 0.3) is 5.69 Å². The van der Waals surface area contributed by atoms with Gasteiger partial charge in [0.15, 0.2) is 10.3 Å². The number of hydrogen-bond donors (Lipinski definition) is 1. The van der Waals surface area contributed by atoms with Crippen LogP contribution in [-0.4, -0.2) is 20.8 Å². The molecule has 108 valence electrons. The number of nitro benzene ring substituents is 1. The topological polar surface area (TPSA) is 98.0 Å². The van der Waals surface area contributed by atoms with E-state index in [0.29, 0.717) is 5.56 Å². The van der Waals surface area contributed by atoms with Gasteiger partial charge in [-0.1, -0.05) is 35.3 Å². The third-order valence-electron chi connectivity index (χ3n) is 2.53. The molecule has 1 aromatic heterocycles. The molecule has 0 bridgehead atoms. The smallest absolute Gasteiger partial charge is 0.269 e. The van der Waals surface area contributed by atoms with Crippen LogP contribution >= 0.6 is 23.2 Å². The van der Waals surface area contributed by atoms with Crippen LogP contribution in [0.4, 0.5) is 11.4 Å². The van der Waals surface area contributed by atoms with E-state index < -0.39 is 4.92 Å². The van der Waals surface area contributed by atoms with Crippen LogP contribution in [0.15, 0.2) is 30.6 Å². The van der Waals surface area contributed by atoms with Gasteiger partial charge in [-0.15, -0.1) is 0 Å². The highest BCUT2D eigenvalue weighted by Crippen LogP contribution is 2.25. The largest absolute Gasteiger partial charge is 0.321 e. The van der Waals surface area contributed by atoms with Gasteiger partial charge < -0.3 is 5.32 Å². The predicted octanol–water partition coefficient (Wildman–Crippen LogP) is 2.87. The Morgan fingerprint density at radius 2 is 1.76 bits per heavy atom. The fourth-order valence-electron chi connectivity index (χ4n) is 1.55. The molecule has 0 aliphatic carbocycles. The number of non-ortho nitro benzene ring substituents is 1. The first-order valence-corrected chi connectivity index (χ1v) is 6.42. The first-order chi connectivity index (χ1) is 9.97. The number of benzene rings is 1. The first kappa shape index (κ1) is 15.1. The van der Waals surface area contributed by atoms with E-state index in [2.05, 4.69) is 15.3 Å². The molecule has 0 fully saturated rings. The summed E-state index contributed by atoms with van der Waals surface area (Å²) in [5.74, 6) is -0.387. The van der Waals surface area contributed by atoms with Gasteiger partial charge in [-0.3, -0.25) is 14.9 Å². The number of nitro groups is 1. The van der Waals surface area contributed by atoms with Crippen LogP contribution in [0, 0.1) is 10.1 Å². The lowest BCUT2D eigenvalue weighted by molar-refractivity contribution is -0.384. The van der Waals surface area contributed by atoms with Crippen molar-refractivity contribution in [2.24, 2.45) is 0 Å². The molecule has 1 aromatic carbocycles. The Labute approximate surface area is 129 Å². The molecule has 1 heterocycles. The fourth-order valence-corrected chi connectivity index (χ4v) is 1.96. The van der Waals surface area contributed by atoms with Crippen molar-refractivity contribution in [2.75, 3.05) is 5.32 Å². The molecule has 0 saturated carbocycles. The molecule has 0 radical (unpaired) electrons. The number of amides is 1. The number of anilines is 1. The second-order valence-corrected chi connectivity index (χ2v) is 4.69. The summed E-state index contributed by atoms with van der Waals surface area (Å²) in [5, 5.41) is 13.1. The molecule has 1 N–H and O–H groups in total. The van der Waals surface area contributed by atoms with Crippen LogP contribution in [0.3, 0.4) is 0 Å². The monoisotopic (exact) mass is 326 g/mol. The number of halogens is 2. The lowest BCUT2D eigenvalue weighted by Gasteiger charge is -2.07. The molecule has 0 aliphatic heterocycles. The number of nitrogens with one attached hydrogen (secondary N) is 1. The fraction of sp³-hybridized carbons (Fsp3) is 0.0833. The minimum Gasteiger partial charge on any atom is -0.321 e. The van der Waals surface area contributed by atoms with E-state index in [9.17, 15) is 14.9 Å². The van der Waals surface area contributed by atoms with E-state index in [1.807, 2.05) is 0 Å². The molecule has 2 aromatic rings. The van der Waals surface area contributed by atoms with Crippen LogP contribution in [-0.2, 0) is 11.2 Å². The summed E-state index contributed by atoms with van der Waals surface area (Å²) in [6, 6.07) is 5.66. The Morgan fingerprint density at radius 1 is 1.19 bits per heavy atom. The van der Waals surface area contributed by atoms with E-state index in [4.69, 9.17) is 23.2 Å². The second-order valence-electron chi connectivity index (χ2n) is 3.98. The standard InChI is InChI=1S/C12H8Cl2N4O3/c13-11-10(12(14)16-6-15-11)17-9(19)5-7-1-3-8(4-2-7)18(20)21/h1-4,6H,5H2,(H,17,19). The van der Waals surface area contributed by atoms with Gasteiger partial charge in [0.2, 0.25) is 5.91 Å². The minimum atomic E-state index is -0.509. The van der Waals surface area contributed by atoms with E-state index in [1.54, 1.807) is 0 Å². The average Bonchev–Trinajstić information content (AvgIpc) is 2.43. The zero-order valence-electron chi connectivity index (χ0n) is 10.4. The van der Waals surface area contributed by atoms with Crippen molar-refractivity contribution in [3.63, 3.8) is 0 Å². The van der Waals surface area contributed by atoms with Crippen molar-refractivity contribution in [3.8, 4) is 0 Å². The molecule has 9 heteroatoms. The van der Waals surface area contributed by atoms with Gasteiger partial charge >= 0.3 is 0 Å². The Kier molecular flexibility index (Phi) is 4.66. The molecule has 21 heavy (non-hydrogen) atoms. The van der Waals surface area contributed by atoms with Gasteiger partial charge in [-0.2, -0.15) is 0 Å². The van der Waals surface area contributed by atoms with Crippen LogP contribution in [0.25, 0.3) is 0 Å². The third kappa shape index (κ3) is 3.87. The lowest BCUT2D eigenvalue weighted by atomic mass is 10.1. The molecule has 0 unspecified atom stereocenters. The summed E-state index contributed by atoms with van der Waals surface area (Å²) in [6.45, 7) is 0. The Hall–Kier alpha value is -2.25. The normalized spacial score (nSPS) is 10.2. The molecule has 0 saturated heterocycles. The van der Waals surface area contributed by atoms with E-state index in [-0.39, 0.29) is 34.0 Å². The molecule has 1 amide bonds. The highest BCUT2D eigenvalue weighted by molar-refractivity contribution is 6.38. The summed E-state index contributed by atoms with van der Waals surface area (Å²) in [5.41, 5.74) is 0.705. The van der Waals surface area contributed by atoms with Gasteiger partial charge in [0, 0.05) is 12.1 Å². The van der Waals surface area contributed by atoms with Gasteiger partial charge in [-0.25, -0.2) is 9.97 Å². The quantitative estimate of drug-likeness (QED) is 0.529. The van der Waals surface area contributed by atoms with Gasteiger partial charge in [0.05, 0.1) is 11.3 Å². The number of aromatic nitrogens is 2. The lowest BCUT2D eigenvalue weighted by Crippen LogP contribution is -2.15. The Bertz CT molecular complexity index is 671. The average molecular weight is 327 g/mol. The summed E-state index contributed by atoms with van der Waals surface area (Å²) in [4.78, 5) is 29.3. The molecule has 0 atom stereocenters. The van der Waals surface area contributed by atoms with Crippen molar-refractivity contribution >= 4 is 40.5 Å². The molecule has 0 spiro atoms. The zero-order valence-corrected chi connectivity index (χ0v) is 11.9. The second kappa shape index (κ2) is 6.47. The first-order valence-electron chi connectivity index (χ1n) is 5.66. The summed E-state index contributed by atoms with van der Waals surface area (Å²) in [6.07, 6.45) is 1.19. The SMILES string of the molecule is O=C(Cc1ccc([N+](=O)[O-])cc1)Nc1c(Cl)ncnc1Cl. The summed E-state index contributed by atoms with van der Waals surface area (Å²) in [7, 11) is 0. The van der Waals surface area contributed by atoms with Crippen molar-refractivity contribution in [1.29, 1.82) is 0 Å². The molecule has 0 aliphatic rings. The highest BCUT2D eigenvalue weighted by Gasteiger charge is 2.13. The van der Waals surface area contributed by atoms with Crippen molar-refractivity contribution in [1.82, 2.24) is 9.97 Å². The maximum absolute atomic E-state index is 11.9. The summed E-state index contributed by atoms with van der Waals surface area (Å²) >= 11 is 11.6. The predicted molar refractivity (Wildman–Crippen MR) is 77.5 cm³/mol. The third-order valence-corrected chi connectivity index (χ3v) is 3.10.